The Bertz CT molecular complexity index is 680. The van der Waals surface area contributed by atoms with E-state index in [-0.39, 0.29) is 22.2 Å². The van der Waals surface area contributed by atoms with E-state index in [4.69, 9.17) is 13.7 Å². The number of hydrogen-bond acceptors (Lipinski definition) is 4. The minimum atomic E-state index is -1.95. The molecular weight excluding hydrogens is 367 g/mol. The van der Waals surface area contributed by atoms with E-state index in [1.807, 2.05) is 13.1 Å². The molecule has 1 aliphatic heterocycles. The van der Waals surface area contributed by atoms with Gasteiger partial charge < -0.3 is 13.7 Å². The van der Waals surface area contributed by atoms with E-state index in [1.54, 1.807) is 0 Å². The van der Waals surface area contributed by atoms with Crippen LogP contribution in [0.15, 0.2) is 6.20 Å². The first kappa shape index (κ1) is 23.6. The zero-order valence-corrected chi connectivity index (χ0v) is 21.0. The Kier molecular flexibility index (Phi) is 6.67. The first-order valence-corrected chi connectivity index (χ1v) is 13.6. The molecule has 1 aliphatic rings. The quantitative estimate of drug-likeness (QED) is 0.573. The molecule has 0 bridgehead atoms. The maximum atomic E-state index is 6.96. The lowest BCUT2D eigenvalue weighted by molar-refractivity contribution is 0.0667. The molecule has 0 amide bonds. The summed E-state index contributed by atoms with van der Waals surface area (Å²) in [5, 5.41) is 4.84. The summed E-state index contributed by atoms with van der Waals surface area (Å²) in [6.45, 7) is 25.8. The third kappa shape index (κ3) is 4.74. The van der Waals surface area contributed by atoms with Crippen molar-refractivity contribution in [2.24, 2.45) is 5.41 Å². The molecule has 0 aliphatic carbocycles. The SMILES string of the molecule is CCOB(OC(C)(C)CC)c1cnn2c1C(O[Si](C)(C)C(C)(C)C)C(C)(C)C2. The van der Waals surface area contributed by atoms with Gasteiger partial charge in [0.1, 0.15) is 0 Å². The summed E-state index contributed by atoms with van der Waals surface area (Å²) >= 11 is 0. The van der Waals surface area contributed by atoms with Crippen LogP contribution in [0.2, 0.25) is 18.1 Å². The maximum absolute atomic E-state index is 6.96. The predicted octanol–water partition coefficient (Wildman–Crippen LogP) is 4.92. The van der Waals surface area contributed by atoms with Crippen LogP contribution < -0.4 is 5.46 Å². The van der Waals surface area contributed by atoms with Crippen LogP contribution in [0.25, 0.3) is 0 Å². The molecule has 0 fully saturated rings. The molecule has 0 radical (unpaired) electrons. The molecule has 7 heteroatoms. The topological polar surface area (TPSA) is 45.5 Å². The molecule has 160 valence electrons. The van der Waals surface area contributed by atoms with Gasteiger partial charge in [0.2, 0.25) is 0 Å². The fourth-order valence-electron chi connectivity index (χ4n) is 3.24. The van der Waals surface area contributed by atoms with Crippen LogP contribution >= 0.6 is 0 Å². The van der Waals surface area contributed by atoms with Gasteiger partial charge in [-0.1, -0.05) is 41.5 Å². The third-order valence-electron chi connectivity index (χ3n) is 6.49. The van der Waals surface area contributed by atoms with E-state index >= 15 is 0 Å². The summed E-state index contributed by atoms with van der Waals surface area (Å²) in [6.07, 6.45) is 2.82. The van der Waals surface area contributed by atoms with Crippen LogP contribution in [0.3, 0.4) is 0 Å². The molecular formula is C21H41BN2O3Si. The van der Waals surface area contributed by atoms with Crippen LogP contribution in [0.4, 0.5) is 0 Å². The highest BCUT2D eigenvalue weighted by atomic mass is 28.4. The summed E-state index contributed by atoms with van der Waals surface area (Å²) in [5.41, 5.74) is 1.85. The minimum absolute atomic E-state index is 0.0119. The van der Waals surface area contributed by atoms with Gasteiger partial charge in [0, 0.05) is 35.8 Å². The standard InChI is InChI=1S/C21H41BN2O3Si/c1-12-21(8,9)27-22(25-13-2)16-14-23-24-15-20(6,7)18(17(16)24)26-28(10,11)19(3,4)5/h14,18H,12-13,15H2,1-11H3. The van der Waals surface area contributed by atoms with Crippen molar-refractivity contribution in [2.45, 2.75) is 105 Å². The lowest BCUT2D eigenvalue weighted by atomic mass is 9.74. The van der Waals surface area contributed by atoms with Crippen molar-refractivity contribution >= 4 is 20.9 Å². The summed E-state index contributed by atoms with van der Waals surface area (Å²) in [5.74, 6) is 0. The molecule has 2 heterocycles. The molecule has 0 N–H and O–H groups in total. The van der Waals surface area contributed by atoms with Gasteiger partial charge in [-0.3, -0.25) is 4.68 Å². The van der Waals surface area contributed by atoms with Gasteiger partial charge in [-0.05, 0) is 45.3 Å². The summed E-state index contributed by atoms with van der Waals surface area (Å²) in [4.78, 5) is 0. The smallest absolute Gasteiger partial charge is 0.408 e. The van der Waals surface area contributed by atoms with Gasteiger partial charge in [-0.25, -0.2) is 0 Å². The number of nitrogens with zero attached hydrogens (tertiary/aromatic N) is 2. The molecule has 1 atom stereocenters. The van der Waals surface area contributed by atoms with E-state index in [2.05, 4.69) is 78.3 Å². The van der Waals surface area contributed by atoms with Crippen molar-refractivity contribution in [1.29, 1.82) is 0 Å². The van der Waals surface area contributed by atoms with E-state index in [0.29, 0.717) is 6.61 Å². The number of fused-ring (bicyclic) bond motifs is 1. The third-order valence-corrected chi connectivity index (χ3v) is 10.9. The first-order chi connectivity index (χ1) is 12.6. The Morgan fingerprint density at radius 2 is 1.82 bits per heavy atom. The van der Waals surface area contributed by atoms with Gasteiger partial charge >= 0.3 is 7.12 Å². The molecule has 0 spiro atoms. The highest BCUT2D eigenvalue weighted by Crippen LogP contribution is 2.48. The normalized spacial score (nSPS) is 19.8. The lowest BCUT2D eigenvalue weighted by Gasteiger charge is -2.41. The number of aromatic nitrogens is 2. The van der Waals surface area contributed by atoms with E-state index in [9.17, 15) is 0 Å². The number of rotatable bonds is 8. The van der Waals surface area contributed by atoms with Crippen LogP contribution in [-0.4, -0.2) is 37.4 Å². The summed E-state index contributed by atoms with van der Waals surface area (Å²) in [6, 6.07) is 0. The molecule has 28 heavy (non-hydrogen) atoms. The summed E-state index contributed by atoms with van der Waals surface area (Å²) in [7, 11) is -2.38. The Hall–Kier alpha value is -0.628. The predicted molar refractivity (Wildman–Crippen MR) is 120 cm³/mol. The van der Waals surface area contributed by atoms with Crippen molar-refractivity contribution in [3.8, 4) is 0 Å². The second-order valence-corrected chi connectivity index (χ2v) is 15.7. The maximum Gasteiger partial charge on any atom is 0.497 e. The van der Waals surface area contributed by atoms with Crippen molar-refractivity contribution in [1.82, 2.24) is 9.78 Å². The Morgan fingerprint density at radius 3 is 2.32 bits per heavy atom. The summed E-state index contributed by atoms with van der Waals surface area (Å²) < 4.78 is 21.5. The fraction of sp³-hybridized carbons (Fsp3) is 0.857. The zero-order valence-electron chi connectivity index (χ0n) is 20.0. The number of hydrogen-bond donors (Lipinski definition) is 0. The van der Waals surface area contributed by atoms with Gasteiger partial charge in [0.05, 0.1) is 11.8 Å². The highest BCUT2D eigenvalue weighted by molar-refractivity contribution is 6.74. The molecule has 2 rings (SSSR count). The van der Waals surface area contributed by atoms with Crippen LogP contribution in [0.1, 0.15) is 80.5 Å². The van der Waals surface area contributed by atoms with E-state index in [1.165, 1.54) is 0 Å². The molecule has 0 saturated carbocycles. The van der Waals surface area contributed by atoms with Crippen LogP contribution in [-0.2, 0) is 20.3 Å². The average molecular weight is 408 g/mol. The van der Waals surface area contributed by atoms with Crippen LogP contribution in [0, 0.1) is 5.41 Å². The zero-order chi connectivity index (χ0) is 21.5. The van der Waals surface area contributed by atoms with Crippen molar-refractivity contribution in [2.75, 3.05) is 6.61 Å². The van der Waals surface area contributed by atoms with E-state index < -0.39 is 15.4 Å². The van der Waals surface area contributed by atoms with E-state index in [0.717, 1.165) is 24.1 Å². The second kappa shape index (κ2) is 7.89. The van der Waals surface area contributed by atoms with Crippen molar-refractivity contribution in [3.05, 3.63) is 11.9 Å². The molecule has 0 saturated heterocycles. The van der Waals surface area contributed by atoms with Gasteiger partial charge in [0.25, 0.3) is 0 Å². The monoisotopic (exact) mass is 408 g/mol. The molecule has 0 aromatic carbocycles. The minimum Gasteiger partial charge on any atom is -0.408 e. The average Bonchev–Trinajstić information content (AvgIpc) is 3.03. The van der Waals surface area contributed by atoms with Crippen molar-refractivity contribution in [3.63, 3.8) is 0 Å². The fourth-order valence-corrected chi connectivity index (χ4v) is 4.61. The molecule has 1 aromatic rings. The Balaban J connectivity index is 2.45. The van der Waals surface area contributed by atoms with Gasteiger partial charge in [-0.2, -0.15) is 5.10 Å². The van der Waals surface area contributed by atoms with Crippen LogP contribution in [0.5, 0.6) is 0 Å². The first-order valence-electron chi connectivity index (χ1n) is 10.7. The molecule has 1 aromatic heterocycles. The largest absolute Gasteiger partial charge is 0.497 e. The molecule has 1 unspecified atom stereocenters. The lowest BCUT2D eigenvalue weighted by Crippen LogP contribution is -2.47. The van der Waals surface area contributed by atoms with Gasteiger partial charge in [-0.15, -0.1) is 0 Å². The Labute approximate surface area is 173 Å². The molecule has 5 nitrogen and oxygen atoms in total. The van der Waals surface area contributed by atoms with Crippen molar-refractivity contribution < 1.29 is 13.7 Å². The second-order valence-electron chi connectivity index (χ2n) is 10.9. The Morgan fingerprint density at radius 1 is 1.21 bits per heavy atom. The highest BCUT2D eigenvalue weighted by Gasteiger charge is 2.50. The van der Waals surface area contributed by atoms with Gasteiger partial charge in [0.15, 0.2) is 8.32 Å².